The van der Waals surface area contributed by atoms with Crippen molar-refractivity contribution in [2.75, 3.05) is 0 Å². The molecule has 0 unspecified atom stereocenters. The predicted octanol–water partition coefficient (Wildman–Crippen LogP) is 2.07. The first-order valence-corrected chi connectivity index (χ1v) is 5.52. The topological polar surface area (TPSA) is 50.4 Å². The van der Waals surface area contributed by atoms with Gasteiger partial charge >= 0.3 is 0 Å². The predicted molar refractivity (Wildman–Crippen MR) is 64.2 cm³/mol. The van der Waals surface area contributed by atoms with Gasteiger partial charge in [-0.05, 0) is 41.1 Å². The van der Waals surface area contributed by atoms with E-state index in [0.29, 0.717) is 0 Å². The molecule has 0 radical (unpaired) electrons. The summed E-state index contributed by atoms with van der Waals surface area (Å²) in [4.78, 5) is 1.08. The van der Waals surface area contributed by atoms with Crippen molar-refractivity contribution in [1.29, 1.82) is 0 Å². The molecule has 6 heteroatoms. The van der Waals surface area contributed by atoms with E-state index in [9.17, 15) is 0 Å². The Kier molecular flexibility index (Phi) is 3.83. The summed E-state index contributed by atoms with van der Waals surface area (Å²) in [5, 5.41) is 6.17. The average molecular weight is 278 g/mol. The van der Waals surface area contributed by atoms with Crippen molar-refractivity contribution in [3.63, 3.8) is 0 Å². The number of hydrogen-bond acceptors (Lipinski definition) is 3. The van der Waals surface area contributed by atoms with Crippen molar-refractivity contribution < 1.29 is 0 Å². The number of nitrogens with zero attached hydrogens (tertiary/aromatic N) is 1. The quantitative estimate of drug-likeness (QED) is 0.494. The average Bonchev–Trinajstić information content (AvgIpc) is 2.47. The monoisotopic (exact) mass is 277 g/mol. The summed E-state index contributed by atoms with van der Waals surface area (Å²) in [5.41, 5.74) is 8.64. The molecule has 0 spiro atoms. The third-order valence-corrected chi connectivity index (χ3v) is 3.15. The molecule has 0 atom stereocenters. The standard InChI is InChI=1S/C7H8BrN3S2/c1-4(10-11-7(9)12)6-2-5(8)3-13-6/h2-3H,1H3,(H3,9,11,12). The largest absolute Gasteiger partial charge is 0.375 e. The van der Waals surface area contributed by atoms with Gasteiger partial charge in [-0.2, -0.15) is 5.10 Å². The lowest BCUT2D eigenvalue weighted by molar-refractivity contribution is 1.03. The molecular formula is C7H8BrN3S2. The molecule has 0 aliphatic heterocycles. The maximum Gasteiger partial charge on any atom is 0.184 e. The zero-order valence-electron chi connectivity index (χ0n) is 6.87. The second-order valence-corrected chi connectivity index (χ2v) is 4.57. The van der Waals surface area contributed by atoms with Gasteiger partial charge in [-0.1, -0.05) is 0 Å². The first kappa shape index (κ1) is 10.6. The molecule has 0 amide bonds. The number of hydrazone groups is 1. The van der Waals surface area contributed by atoms with Gasteiger partial charge in [-0.15, -0.1) is 11.3 Å². The molecule has 1 aromatic rings. The van der Waals surface area contributed by atoms with Crippen molar-refractivity contribution >= 4 is 50.3 Å². The maximum atomic E-state index is 5.23. The zero-order valence-corrected chi connectivity index (χ0v) is 10.1. The number of halogens is 1. The Morgan fingerprint density at radius 2 is 2.46 bits per heavy atom. The molecule has 3 nitrogen and oxygen atoms in total. The SMILES string of the molecule is CC(=NNC(N)=S)c1cc(Br)cs1. The molecule has 0 bridgehead atoms. The summed E-state index contributed by atoms with van der Waals surface area (Å²) < 4.78 is 1.05. The minimum absolute atomic E-state index is 0.176. The van der Waals surface area contributed by atoms with Gasteiger partial charge in [0.2, 0.25) is 0 Å². The number of thiophene rings is 1. The van der Waals surface area contributed by atoms with Gasteiger partial charge in [-0.25, -0.2) is 0 Å². The zero-order chi connectivity index (χ0) is 9.84. The Labute approximate surface area is 94.1 Å². The molecule has 0 aromatic carbocycles. The summed E-state index contributed by atoms with van der Waals surface area (Å²) in [6.07, 6.45) is 0. The van der Waals surface area contributed by atoms with Crippen LogP contribution in [0, 0.1) is 0 Å². The summed E-state index contributed by atoms with van der Waals surface area (Å²) in [6, 6.07) is 1.99. The van der Waals surface area contributed by atoms with E-state index in [4.69, 9.17) is 5.73 Å². The maximum absolute atomic E-state index is 5.23. The van der Waals surface area contributed by atoms with Crippen LogP contribution in [0.15, 0.2) is 21.0 Å². The molecule has 1 heterocycles. The minimum atomic E-state index is 0.176. The van der Waals surface area contributed by atoms with Crippen molar-refractivity contribution in [1.82, 2.24) is 5.43 Å². The van der Waals surface area contributed by atoms with Gasteiger partial charge in [0.1, 0.15) is 0 Å². The highest BCUT2D eigenvalue weighted by Crippen LogP contribution is 2.20. The van der Waals surface area contributed by atoms with Crippen molar-refractivity contribution in [2.45, 2.75) is 6.92 Å². The van der Waals surface area contributed by atoms with E-state index in [1.54, 1.807) is 11.3 Å². The Morgan fingerprint density at radius 1 is 1.77 bits per heavy atom. The molecule has 0 aliphatic rings. The molecule has 1 rings (SSSR count). The van der Waals surface area contributed by atoms with E-state index in [1.807, 2.05) is 18.4 Å². The molecule has 0 aliphatic carbocycles. The van der Waals surface area contributed by atoms with Gasteiger partial charge in [0.15, 0.2) is 5.11 Å². The highest BCUT2D eigenvalue weighted by atomic mass is 79.9. The van der Waals surface area contributed by atoms with Gasteiger partial charge in [0, 0.05) is 9.85 Å². The highest BCUT2D eigenvalue weighted by Gasteiger charge is 2.00. The highest BCUT2D eigenvalue weighted by molar-refractivity contribution is 9.10. The summed E-state index contributed by atoms with van der Waals surface area (Å²) in [7, 11) is 0. The van der Waals surface area contributed by atoms with E-state index in [2.05, 4.69) is 38.7 Å². The van der Waals surface area contributed by atoms with Crippen LogP contribution in [0.4, 0.5) is 0 Å². The van der Waals surface area contributed by atoms with Crippen LogP contribution in [-0.4, -0.2) is 10.8 Å². The fourth-order valence-corrected chi connectivity index (χ4v) is 2.12. The summed E-state index contributed by atoms with van der Waals surface area (Å²) in [6.45, 7) is 1.89. The van der Waals surface area contributed by atoms with Gasteiger partial charge < -0.3 is 5.73 Å². The third kappa shape index (κ3) is 3.41. The third-order valence-electron chi connectivity index (χ3n) is 1.26. The van der Waals surface area contributed by atoms with E-state index >= 15 is 0 Å². The van der Waals surface area contributed by atoms with Crippen LogP contribution < -0.4 is 11.2 Å². The molecule has 0 fully saturated rings. The second-order valence-electron chi connectivity index (χ2n) is 2.30. The van der Waals surface area contributed by atoms with Crippen LogP contribution in [0.1, 0.15) is 11.8 Å². The first-order valence-electron chi connectivity index (χ1n) is 3.43. The van der Waals surface area contributed by atoms with E-state index in [-0.39, 0.29) is 5.11 Å². The molecule has 70 valence electrons. The molecule has 1 aromatic heterocycles. The van der Waals surface area contributed by atoms with Crippen molar-refractivity contribution in [3.05, 3.63) is 20.8 Å². The number of thiocarbonyl (C=S) groups is 1. The summed E-state index contributed by atoms with van der Waals surface area (Å²) in [5.74, 6) is 0. The Balaban J connectivity index is 2.72. The Morgan fingerprint density at radius 3 is 2.92 bits per heavy atom. The fourth-order valence-electron chi connectivity index (χ4n) is 0.697. The normalized spacial score (nSPS) is 11.4. The van der Waals surface area contributed by atoms with Crippen LogP contribution in [0.25, 0.3) is 0 Å². The van der Waals surface area contributed by atoms with Crippen LogP contribution in [-0.2, 0) is 0 Å². The number of rotatable bonds is 2. The Hall–Kier alpha value is -0.460. The smallest absolute Gasteiger partial charge is 0.184 e. The molecule has 0 saturated heterocycles. The molecule has 0 saturated carbocycles. The van der Waals surface area contributed by atoms with Gasteiger partial charge in [0.25, 0.3) is 0 Å². The van der Waals surface area contributed by atoms with E-state index < -0.39 is 0 Å². The van der Waals surface area contributed by atoms with Gasteiger partial charge in [-0.3, -0.25) is 5.43 Å². The number of hydrogen-bond donors (Lipinski definition) is 2. The fraction of sp³-hybridized carbons (Fsp3) is 0.143. The molecule has 3 N–H and O–H groups in total. The van der Waals surface area contributed by atoms with Crippen LogP contribution in [0.3, 0.4) is 0 Å². The first-order chi connectivity index (χ1) is 6.09. The van der Waals surface area contributed by atoms with E-state index in [0.717, 1.165) is 15.1 Å². The second kappa shape index (κ2) is 4.69. The van der Waals surface area contributed by atoms with Crippen LogP contribution in [0.2, 0.25) is 0 Å². The summed E-state index contributed by atoms with van der Waals surface area (Å²) >= 11 is 9.60. The Bertz CT molecular complexity index is 345. The lowest BCUT2D eigenvalue weighted by Crippen LogP contribution is -2.25. The number of nitrogens with one attached hydrogen (secondary N) is 1. The van der Waals surface area contributed by atoms with Crippen molar-refractivity contribution in [3.8, 4) is 0 Å². The van der Waals surface area contributed by atoms with E-state index in [1.165, 1.54) is 0 Å². The number of nitrogens with two attached hydrogens (primary N) is 1. The molecular weight excluding hydrogens is 270 g/mol. The molecule has 13 heavy (non-hydrogen) atoms. The lowest BCUT2D eigenvalue weighted by atomic mass is 10.3. The van der Waals surface area contributed by atoms with Gasteiger partial charge in [0.05, 0.1) is 10.6 Å². The van der Waals surface area contributed by atoms with Crippen LogP contribution in [0.5, 0.6) is 0 Å². The minimum Gasteiger partial charge on any atom is -0.375 e. The lowest BCUT2D eigenvalue weighted by Gasteiger charge is -1.97. The van der Waals surface area contributed by atoms with Crippen LogP contribution >= 0.6 is 39.5 Å². The van der Waals surface area contributed by atoms with Crippen molar-refractivity contribution in [2.24, 2.45) is 10.8 Å².